The molecule has 2 aliphatic rings. The molecule has 5 rings (SSSR count). The molecule has 0 bridgehead atoms. The van der Waals surface area contributed by atoms with Crippen LogP contribution in [0.25, 0.3) is 17.3 Å². The van der Waals surface area contributed by atoms with Crippen molar-refractivity contribution in [2.24, 2.45) is 0 Å². The second-order valence-electron chi connectivity index (χ2n) is 8.57. The van der Waals surface area contributed by atoms with Crippen LogP contribution in [0.3, 0.4) is 0 Å². The van der Waals surface area contributed by atoms with Gasteiger partial charge in [0.25, 0.3) is 0 Å². The van der Waals surface area contributed by atoms with Crippen molar-refractivity contribution in [3.63, 3.8) is 0 Å². The Bertz CT molecular complexity index is 1230. The molecule has 1 saturated heterocycles. The van der Waals surface area contributed by atoms with E-state index in [0.717, 1.165) is 43.6 Å². The summed E-state index contributed by atoms with van der Waals surface area (Å²) in [4.78, 5) is 14.1. The molecule has 0 radical (unpaired) electrons. The maximum absolute atomic E-state index is 13.3. The van der Waals surface area contributed by atoms with E-state index in [1.807, 2.05) is 6.92 Å². The fraction of sp³-hybridized carbons (Fsp3) is 0.333. The number of aromatic nitrogens is 3. The molecule has 2 aliphatic heterocycles. The van der Waals surface area contributed by atoms with Gasteiger partial charge in [-0.1, -0.05) is 12.1 Å². The van der Waals surface area contributed by atoms with E-state index in [4.69, 9.17) is 10.5 Å². The molecule has 3 aromatic rings. The van der Waals surface area contributed by atoms with Gasteiger partial charge < -0.3 is 31.0 Å². The van der Waals surface area contributed by atoms with Gasteiger partial charge in [-0.05, 0) is 30.7 Å². The number of morpholine rings is 1. The molecule has 1 fully saturated rings. The van der Waals surface area contributed by atoms with Gasteiger partial charge in [0.2, 0.25) is 5.95 Å². The highest BCUT2D eigenvalue weighted by atomic mass is 19.4. The van der Waals surface area contributed by atoms with Gasteiger partial charge in [-0.2, -0.15) is 13.2 Å². The van der Waals surface area contributed by atoms with Crippen molar-refractivity contribution in [1.82, 2.24) is 15.0 Å². The maximum atomic E-state index is 13.3. The second-order valence-corrected chi connectivity index (χ2v) is 8.57. The van der Waals surface area contributed by atoms with Crippen LogP contribution < -0.4 is 21.3 Å². The second kappa shape index (κ2) is 9.14. The number of rotatable bonds is 5. The van der Waals surface area contributed by atoms with Gasteiger partial charge in [0.1, 0.15) is 11.5 Å². The van der Waals surface area contributed by atoms with E-state index in [2.05, 4.69) is 54.8 Å². The minimum absolute atomic E-state index is 0.108. The molecule has 8 nitrogen and oxygen atoms in total. The van der Waals surface area contributed by atoms with Gasteiger partial charge in [-0.3, -0.25) is 0 Å². The number of hydrogen-bond donors (Lipinski definition) is 4. The Balaban J connectivity index is 1.36. The number of nitrogens with zero attached hydrogens (tertiary/aromatic N) is 3. The molecular weight excluding hydrogens is 459 g/mol. The van der Waals surface area contributed by atoms with Gasteiger partial charge in [-0.15, -0.1) is 0 Å². The molecule has 4 heterocycles. The number of nitrogens with two attached hydrogens (primary N) is 1. The zero-order valence-corrected chi connectivity index (χ0v) is 19.1. The van der Waals surface area contributed by atoms with Crippen molar-refractivity contribution in [2.45, 2.75) is 19.1 Å². The third-order valence-corrected chi connectivity index (χ3v) is 6.25. The summed E-state index contributed by atoms with van der Waals surface area (Å²) >= 11 is 0. The van der Waals surface area contributed by atoms with E-state index in [1.165, 1.54) is 6.20 Å². The molecule has 0 aliphatic carbocycles. The molecule has 0 saturated carbocycles. The number of aromatic amines is 1. The number of halogens is 3. The zero-order valence-electron chi connectivity index (χ0n) is 19.1. The van der Waals surface area contributed by atoms with Crippen molar-refractivity contribution >= 4 is 29.2 Å². The average Bonchev–Trinajstić information content (AvgIpc) is 3.28. The number of hydrogen-bond acceptors (Lipinski definition) is 7. The summed E-state index contributed by atoms with van der Waals surface area (Å²) in [6.45, 7) is 4.88. The lowest BCUT2D eigenvalue weighted by Gasteiger charge is -2.29. The minimum Gasteiger partial charge on any atom is -0.396 e. The average molecular weight is 486 g/mol. The Labute approximate surface area is 200 Å². The van der Waals surface area contributed by atoms with Crippen LogP contribution in [0.2, 0.25) is 0 Å². The van der Waals surface area contributed by atoms with Crippen molar-refractivity contribution in [3.05, 3.63) is 53.4 Å². The first kappa shape index (κ1) is 23.0. The third kappa shape index (κ3) is 4.76. The first-order valence-electron chi connectivity index (χ1n) is 11.3. The molecule has 5 N–H and O–H groups in total. The third-order valence-electron chi connectivity index (χ3n) is 6.25. The summed E-state index contributed by atoms with van der Waals surface area (Å²) in [6.07, 6.45) is -0.229. The molecule has 0 spiro atoms. The Morgan fingerprint density at radius 2 is 1.91 bits per heavy atom. The molecule has 0 amide bonds. The number of ether oxygens (including phenoxy) is 1. The van der Waals surface area contributed by atoms with Crippen LogP contribution in [0.5, 0.6) is 0 Å². The summed E-state index contributed by atoms with van der Waals surface area (Å²) in [5, 5.41) is 6.04. The first-order valence-corrected chi connectivity index (χ1v) is 11.3. The summed E-state index contributed by atoms with van der Waals surface area (Å²) in [7, 11) is 0. The number of H-pyrrole nitrogens is 1. The van der Waals surface area contributed by atoms with Crippen LogP contribution in [0.4, 0.5) is 36.3 Å². The van der Waals surface area contributed by atoms with Gasteiger partial charge in [0, 0.05) is 42.6 Å². The maximum Gasteiger partial charge on any atom is 0.414 e. The van der Waals surface area contributed by atoms with Crippen molar-refractivity contribution in [3.8, 4) is 11.3 Å². The smallest absolute Gasteiger partial charge is 0.396 e. The molecule has 184 valence electrons. The number of benzene rings is 1. The van der Waals surface area contributed by atoms with E-state index < -0.39 is 11.7 Å². The molecule has 1 atom stereocenters. The molecule has 2 aromatic heterocycles. The number of alkyl halides is 3. The normalized spacial score (nSPS) is 16.8. The van der Waals surface area contributed by atoms with E-state index in [9.17, 15) is 13.2 Å². The Morgan fingerprint density at radius 1 is 1.17 bits per heavy atom. The van der Waals surface area contributed by atoms with E-state index in [1.54, 1.807) is 6.20 Å². The van der Waals surface area contributed by atoms with Crippen LogP contribution in [0.15, 0.2) is 42.2 Å². The van der Waals surface area contributed by atoms with Crippen LogP contribution in [0.1, 0.15) is 24.1 Å². The standard InChI is InChI=1S/C24H26F3N7O/c1-14(15-2-4-17(5-3-15)34-6-8-35-9-7-34)32-23-31-13-20(28)21(33-23)19-12-30-22-18(19)10-16(11-29-22)24(25,26)27/h2-5,10,12-14,29-30H,6-9,11,28H2,1H3,(H,31,32,33). The minimum atomic E-state index is -4.42. The van der Waals surface area contributed by atoms with Crippen LogP contribution in [0, 0.1) is 0 Å². The number of anilines is 4. The SMILES string of the molecule is CC(Nc1ncc(N)c(-c2c[nH]c3c2C=C(C(F)(F)F)CN3)n1)c1ccc(N2CCOCC2)cc1. The molecule has 1 aromatic carbocycles. The fourth-order valence-electron chi connectivity index (χ4n) is 4.27. The van der Waals surface area contributed by atoms with Gasteiger partial charge >= 0.3 is 6.18 Å². The molecule has 1 unspecified atom stereocenters. The number of nitrogen functional groups attached to an aromatic ring is 1. The summed E-state index contributed by atoms with van der Waals surface area (Å²) in [6, 6.07) is 8.16. The zero-order chi connectivity index (χ0) is 24.6. The first-order chi connectivity index (χ1) is 16.8. The Morgan fingerprint density at radius 3 is 2.63 bits per heavy atom. The predicted molar refractivity (Wildman–Crippen MR) is 130 cm³/mol. The lowest BCUT2D eigenvalue weighted by atomic mass is 10.0. The van der Waals surface area contributed by atoms with Crippen LogP contribution in [-0.2, 0) is 4.74 Å². The monoisotopic (exact) mass is 485 g/mol. The predicted octanol–water partition coefficient (Wildman–Crippen LogP) is 4.43. The van der Waals surface area contributed by atoms with Crippen molar-refractivity contribution in [2.75, 3.05) is 54.1 Å². The Hall–Kier alpha value is -3.73. The lowest BCUT2D eigenvalue weighted by molar-refractivity contribution is -0.0909. The highest BCUT2D eigenvalue weighted by Gasteiger charge is 2.36. The number of nitrogens with one attached hydrogen (secondary N) is 3. The van der Waals surface area contributed by atoms with Crippen molar-refractivity contribution in [1.29, 1.82) is 0 Å². The topological polar surface area (TPSA) is 104 Å². The highest BCUT2D eigenvalue weighted by Crippen LogP contribution is 2.39. The molecule has 35 heavy (non-hydrogen) atoms. The van der Waals surface area contributed by atoms with Crippen LogP contribution >= 0.6 is 0 Å². The molecule has 11 heteroatoms. The van der Waals surface area contributed by atoms with Gasteiger partial charge in [0.15, 0.2) is 0 Å². The summed E-state index contributed by atoms with van der Waals surface area (Å²) in [5.41, 5.74) is 9.12. The van der Waals surface area contributed by atoms with Gasteiger partial charge in [0.05, 0.1) is 36.7 Å². The fourth-order valence-corrected chi connectivity index (χ4v) is 4.27. The summed E-state index contributed by atoms with van der Waals surface area (Å²) < 4.78 is 45.2. The van der Waals surface area contributed by atoms with E-state index in [0.29, 0.717) is 28.6 Å². The lowest BCUT2D eigenvalue weighted by Crippen LogP contribution is -2.36. The quantitative estimate of drug-likeness (QED) is 0.424. The number of fused-ring (bicyclic) bond motifs is 1. The largest absolute Gasteiger partial charge is 0.414 e. The van der Waals surface area contributed by atoms with E-state index in [-0.39, 0.29) is 18.3 Å². The molecular formula is C24H26F3N7O. The van der Waals surface area contributed by atoms with Gasteiger partial charge in [-0.25, -0.2) is 9.97 Å². The highest BCUT2D eigenvalue weighted by molar-refractivity contribution is 5.87. The van der Waals surface area contributed by atoms with Crippen LogP contribution in [-0.4, -0.2) is 54.0 Å². The van der Waals surface area contributed by atoms with Crippen molar-refractivity contribution < 1.29 is 17.9 Å². The Kier molecular flexibility index (Phi) is 6.01. The summed E-state index contributed by atoms with van der Waals surface area (Å²) in [5.74, 6) is 0.826. The van der Waals surface area contributed by atoms with E-state index >= 15 is 0 Å².